The van der Waals surface area contributed by atoms with Gasteiger partial charge in [-0.3, -0.25) is 4.79 Å². The van der Waals surface area contributed by atoms with Crippen molar-refractivity contribution in [1.82, 2.24) is 4.90 Å². The van der Waals surface area contributed by atoms with Gasteiger partial charge in [0.2, 0.25) is 0 Å². The van der Waals surface area contributed by atoms with Crippen LogP contribution in [0, 0.1) is 23.7 Å². The summed E-state index contributed by atoms with van der Waals surface area (Å²) in [6, 6.07) is 0.710. The molecule has 4 nitrogen and oxygen atoms in total. The van der Waals surface area contributed by atoms with Gasteiger partial charge in [0.1, 0.15) is 13.2 Å². The molecule has 0 radical (unpaired) electrons. The van der Waals surface area contributed by atoms with E-state index in [1.54, 1.807) is 0 Å². The number of piperidine rings is 1. The van der Waals surface area contributed by atoms with Crippen LogP contribution in [-0.4, -0.2) is 62.2 Å². The van der Waals surface area contributed by atoms with Gasteiger partial charge >= 0.3 is 0 Å². The van der Waals surface area contributed by atoms with E-state index in [4.69, 9.17) is 9.47 Å². The molecule has 0 spiro atoms. The smallest absolute Gasteiger partial charge is 0.261 e. The van der Waals surface area contributed by atoms with Crippen molar-refractivity contribution in [1.29, 1.82) is 0 Å². The number of halogens is 2. The van der Waals surface area contributed by atoms with Crippen LogP contribution in [0.5, 0.6) is 0 Å². The molecule has 4 rings (SSSR count). The Kier molecular flexibility index (Phi) is 10.6. The molecule has 0 aromatic carbocycles. The van der Waals surface area contributed by atoms with Gasteiger partial charge in [0, 0.05) is 19.1 Å². The summed E-state index contributed by atoms with van der Waals surface area (Å²) in [5.74, 6) is 3.12. The first kappa shape index (κ1) is 26.5. The fourth-order valence-electron chi connectivity index (χ4n) is 7.31. The third-order valence-electron chi connectivity index (χ3n) is 9.33. The number of hydrogen-bond acceptors (Lipinski definition) is 4. The van der Waals surface area contributed by atoms with E-state index in [0.717, 1.165) is 25.2 Å². The molecule has 196 valence electrons. The van der Waals surface area contributed by atoms with Crippen molar-refractivity contribution in [2.75, 3.05) is 32.9 Å². The molecule has 2 saturated heterocycles. The normalized spacial score (nSPS) is 34.9. The standard InChI is InChI=1S/C28H47F2NO3/c29-28(30)20-33-16-13-21-5-8-25(9-6-21)31-14-11-22(12-15-31)17-23-7-10-26(32)19-34-27-4-2-1-3-24(27)18-23/h21-25,27-28H,1-20H2/t21?,23?,24-,25?,27+/m1/s1. The minimum atomic E-state index is -2.35. The number of Topliss-reactive ketones (excluding diaryl/α,β-unsaturated/α-hetero) is 1. The molecule has 2 saturated carbocycles. The summed E-state index contributed by atoms with van der Waals surface area (Å²) < 4.78 is 35.5. The highest BCUT2D eigenvalue weighted by atomic mass is 19.3. The monoisotopic (exact) mass is 483 g/mol. The lowest BCUT2D eigenvalue weighted by Crippen LogP contribution is -2.43. The lowest BCUT2D eigenvalue weighted by Gasteiger charge is -2.41. The minimum Gasteiger partial charge on any atom is -0.376 e. The zero-order chi connectivity index (χ0) is 23.8. The van der Waals surface area contributed by atoms with Crippen molar-refractivity contribution in [3.63, 3.8) is 0 Å². The number of carbonyl (C=O) groups excluding carboxylic acids is 1. The molecular weight excluding hydrogens is 436 g/mol. The first-order valence-corrected chi connectivity index (χ1v) is 14.3. The molecular formula is C28H47F2NO3. The van der Waals surface area contributed by atoms with Gasteiger partial charge in [-0.15, -0.1) is 0 Å². The molecule has 0 amide bonds. The van der Waals surface area contributed by atoms with E-state index in [1.165, 1.54) is 83.7 Å². The Balaban J connectivity index is 1.16. The van der Waals surface area contributed by atoms with E-state index in [2.05, 4.69) is 4.90 Å². The lowest BCUT2D eigenvalue weighted by molar-refractivity contribution is -0.127. The van der Waals surface area contributed by atoms with Gasteiger partial charge < -0.3 is 14.4 Å². The highest BCUT2D eigenvalue weighted by Crippen LogP contribution is 2.38. The maximum absolute atomic E-state index is 12.3. The summed E-state index contributed by atoms with van der Waals surface area (Å²) >= 11 is 0. The predicted octanol–water partition coefficient (Wildman–Crippen LogP) is 6.26. The van der Waals surface area contributed by atoms with Crippen LogP contribution in [0.2, 0.25) is 0 Å². The molecule has 6 heteroatoms. The van der Waals surface area contributed by atoms with Gasteiger partial charge in [-0.05, 0) is 114 Å². The second-order valence-corrected chi connectivity index (χ2v) is 11.7. The van der Waals surface area contributed by atoms with E-state index in [-0.39, 0.29) is 0 Å². The van der Waals surface area contributed by atoms with Crippen molar-refractivity contribution < 1.29 is 23.0 Å². The second kappa shape index (κ2) is 13.6. The van der Waals surface area contributed by atoms with Crippen molar-refractivity contribution in [2.24, 2.45) is 23.7 Å². The summed E-state index contributed by atoms with van der Waals surface area (Å²) in [6.07, 6.45) is 15.8. The number of fused-ring (bicyclic) bond motifs is 1. The fraction of sp³-hybridized carbons (Fsp3) is 0.964. The van der Waals surface area contributed by atoms with E-state index in [1.807, 2.05) is 0 Å². The lowest BCUT2D eigenvalue weighted by atomic mass is 9.75. The van der Waals surface area contributed by atoms with Crippen molar-refractivity contribution >= 4 is 5.78 Å². The second-order valence-electron chi connectivity index (χ2n) is 11.7. The Labute approximate surface area is 205 Å². The Bertz CT molecular complexity index is 602. The van der Waals surface area contributed by atoms with Crippen molar-refractivity contribution in [3.05, 3.63) is 0 Å². The van der Waals surface area contributed by atoms with Gasteiger partial charge in [0.05, 0.1) is 6.10 Å². The zero-order valence-corrected chi connectivity index (χ0v) is 21.1. The molecule has 2 heterocycles. The van der Waals surface area contributed by atoms with Crippen LogP contribution in [0.4, 0.5) is 8.78 Å². The Morgan fingerprint density at radius 1 is 0.912 bits per heavy atom. The van der Waals surface area contributed by atoms with Crippen LogP contribution < -0.4 is 0 Å². The van der Waals surface area contributed by atoms with Crippen molar-refractivity contribution in [2.45, 2.75) is 115 Å². The van der Waals surface area contributed by atoms with Gasteiger partial charge in [-0.25, -0.2) is 8.78 Å². The topological polar surface area (TPSA) is 38.8 Å². The zero-order valence-electron chi connectivity index (χ0n) is 21.1. The summed E-state index contributed by atoms with van der Waals surface area (Å²) in [7, 11) is 0. The third-order valence-corrected chi connectivity index (χ3v) is 9.33. The number of likely N-dealkylation sites (tertiary alicyclic amines) is 1. The van der Waals surface area contributed by atoms with Gasteiger partial charge in [0.15, 0.2) is 5.78 Å². The number of carbonyl (C=O) groups is 1. The molecule has 0 N–H and O–H groups in total. The summed E-state index contributed by atoms with van der Waals surface area (Å²) in [6.45, 7) is 2.84. The number of alkyl halides is 2. The van der Waals surface area contributed by atoms with Crippen LogP contribution >= 0.6 is 0 Å². The molecule has 0 aromatic heterocycles. The molecule has 0 bridgehead atoms. The maximum Gasteiger partial charge on any atom is 0.261 e. The number of ether oxygens (including phenoxy) is 2. The van der Waals surface area contributed by atoms with Gasteiger partial charge in [0.25, 0.3) is 6.43 Å². The van der Waals surface area contributed by atoms with E-state index in [9.17, 15) is 13.6 Å². The quantitative estimate of drug-likeness (QED) is 0.382. The molecule has 0 aromatic rings. The van der Waals surface area contributed by atoms with Gasteiger partial charge in [-0.1, -0.05) is 12.8 Å². The van der Waals surface area contributed by atoms with E-state index < -0.39 is 13.0 Å². The molecule has 1 unspecified atom stereocenters. The minimum absolute atomic E-state index is 0.308. The average Bonchev–Trinajstić information content (AvgIpc) is 2.92. The predicted molar refractivity (Wildman–Crippen MR) is 130 cm³/mol. The van der Waals surface area contributed by atoms with Crippen molar-refractivity contribution in [3.8, 4) is 0 Å². The molecule has 2 aliphatic carbocycles. The molecule has 4 fully saturated rings. The van der Waals surface area contributed by atoms with Gasteiger partial charge in [-0.2, -0.15) is 0 Å². The molecule has 4 aliphatic rings. The fourth-order valence-corrected chi connectivity index (χ4v) is 7.31. The Hall–Kier alpha value is -0.590. The largest absolute Gasteiger partial charge is 0.376 e. The Morgan fingerprint density at radius 2 is 1.68 bits per heavy atom. The molecule has 2 aliphatic heterocycles. The SMILES string of the molecule is O=C1CCC(CC2CCN(C3CCC(CCOCC(F)F)CC3)CC2)C[C@H]2CCCC[C@@H]2OC1. The average molecular weight is 484 g/mol. The number of nitrogens with zero attached hydrogens (tertiary/aromatic N) is 1. The number of ketones is 1. The van der Waals surface area contributed by atoms with E-state index in [0.29, 0.717) is 55.3 Å². The van der Waals surface area contributed by atoms with Crippen LogP contribution in [-0.2, 0) is 14.3 Å². The first-order chi connectivity index (χ1) is 16.6. The molecule has 3 atom stereocenters. The summed E-state index contributed by atoms with van der Waals surface area (Å²) in [5.41, 5.74) is 0. The van der Waals surface area contributed by atoms with Crippen LogP contribution in [0.15, 0.2) is 0 Å². The highest BCUT2D eigenvalue weighted by Gasteiger charge is 2.33. The van der Waals surface area contributed by atoms with Crippen LogP contribution in [0.3, 0.4) is 0 Å². The van der Waals surface area contributed by atoms with Crippen LogP contribution in [0.25, 0.3) is 0 Å². The summed E-state index contributed by atoms with van der Waals surface area (Å²) in [5, 5.41) is 0. The van der Waals surface area contributed by atoms with E-state index >= 15 is 0 Å². The first-order valence-electron chi connectivity index (χ1n) is 14.3. The van der Waals surface area contributed by atoms with Crippen LogP contribution in [0.1, 0.15) is 96.3 Å². The Morgan fingerprint density at radius 3 is 2.44 bits per heavy atom. The third kappa shape index (κ3) is 8.23. The molecule has 34 heavy (non-hydrogen) atoms. The summed E-state index contributed by atoms with van der Waals surface area (Å²) in [4.78, 5) is 15.0. The number of rotatable bonds is 8. The highest BCUT2D eigenvalue weighted by molar-refractivity contribution is 5.79. The maximum atomic E-state index is 12.3. The number of hydrogen-bond donors (Lipinski definition) is 0.